The van der Waals surface area contributed by atoms with Crippen molar-refractivity contribution < 1.29 is 9.53 Å². The largest absolute Gasteiger partial charge is 0.478 e. The van der Waals surface area contributed by atoms with E-state index in [1.54, 1.807) is 12.3 Å². The van der Waals surface area contributed by atoms with Gasteiger partial charge in [0.15, 0.2) is 0 Å². The van der Waals surface area contributed by atoms with E-state index >= 15 is 0 Å². The molecule has 2 atom stereocenters. The van der Waals surface area contributed by atoms with Crippen LogP contribution in [0.2, 0.25) is 0 Å². The van der Waals surface area contributed by atoms with Crippen molar-refractivity contribution in [2.24, 2.45) is 17.8 Å². The maximum absolute atomic E-state index is 12.0. The number of hydrogen-bond acceptors (Lipinski definition) is 3. The molecule has 0 aromatic carbocycles. The Morgan fingerprint density at radius 3 is 2.78 bits per heavy atom. The van der Waals surface area contributed by atoms with Crippen molar-refractivity contribution in [3.63, 3.8) is 0 Å². The number of ether oxygens (including phenoxy) is 1. The number of anilines is 1. The molecule has 1 heterocycles. The van der Waals surface area contributed by atoms with Gasteiger partial charge in [0.2, 0.25) is 11.8 Å². The summed E-state index contributed by atoms with van der Waals surface area (Å²) in [5.41, 5.74) is 0.754. The zero-order chi connectivity index (χ0) is 12.5. The molecule has 0 aliphatic heterocycles. The van der Waals surface area contributed by atoms with Gasteiger partial charge in [-0.1, -0.05) is 0 Å². The third kappa shape index (κ3) is 2.33. The first-order valence-corrected chi connectivity index (χ1v) is 6.66. The van der Waals surface area contributed by atoms with Crippen molar-refractivity contribution in [2.75, 3.05) is 11.9 Å². The summed E-state index contributed by atoms with van der Waals surface area (Å²) in [6, 6.07) is 3.62. The first-order valence-electron chi connectivity index (χ1n) is 6.66. The molecule has 1 amide bonds. The molecule has 18 heavy (non-hydrogen) atoms. The first kappa shape index (κ1) is 11.5. The van der Waals surface area contributed by atoms with Gasteiger partial charge >= 0.3 is 0 Å². The number of pyridine rings is 1. The zero-order valence-corrected chi connectivity index (χ0v) is 10.6. The fraction of sp³-hybridized carbons (Fsp3) is 0.571. The Kier molecular flexibility index (Phi) is 2.94. The number of aromatic nitrogens is 1. The molecule has 4 heteroatoms. The molecule has 4 nitrogen and oxygen atoms in total. The van der Waals surface area contributed by atoms with Crippen LogP contribution in [0, 0.1) is 17.8 Å². The summed E-state index contributed by atoms with van der Waals surface area (Å²) in [5, 5.41) is 2.94. The molecule has 1 aromatic rings. The standard InChI is InChI=1S/C14H18N2O2/c1-2-18-13-4-3-12(8-15-13)16-14(17)11-6-9-5-10(9)7-11/h3-4,8-11H,2,5-7H2,1H3,(H,16,17). The minimum absolute atomic E-state index is 0.146. The highest BCUT2D eigenvalue weighted by Crippen LogP contribution is 2.54. The van der Waals surface area contributed by atoms with Crippen LogP contribution in [0.3, 0.4) is 0 Å². The van der Waals surface area contributed by atoms with Crippen LogP contribution in [0.1, 0.15) is 26.2 Å². The predicted octanol–water partition coefficient (Wildman–Crippen LogP) is 2.46. The average molecular weight is 246 g/mol. The van der Waals surface area contributed by atoms with Crippen LogP contribution in [0.15, 0.2) is 18.3 Å². The highest BCUT2D eigenvalue weighted by atomic mass is 16.5. The van der Waals surface area contributed by atoms with E-state index in [2.05, 4.69) is 10.3 Å². The van der Waals surface area contributed by atoms with Crippen LogP contribution in [0.25, 0.3) is 0 Å². The van der Waals surface area contributed by atoms with Gasteiger partial charge in [0.05, 0.1) is 18.5 Å². The van der Waals surface area contributed by atoms with E-state index in [0.717, 1.165) is 30.4 Å². The molecule has 0 saturated heterocycles. The molecule has 3 rings (SSSR count). The summed E-state index contributed by atoms with van der Waals surface area (Å²) in [6.07, 6.45) is 5.13. The van der Waals surface area contributed by atoms with Gasteiger partial charge in [-0.05, 0) is 44.1 Å². The van der Waals surface area contributed by atoms with Gasteiger partial charge in [-0.25, -0.2) is 4.98 Å². The second kappa shape index (κ2) is 4.59. The van der Waals surface area contributed by atoms with Crippen molar-refractivity contribution in [1.29, 1.82) is 0 Å². The third-order valence-corrected chi connectivity index (χ3v) is 3.91. The molecule has 0 radical (unpaired) electrons. The van der Waals surface area contributed by atoms with Crippen molar-refractivity contribution >= 4 is 11.6 Å². The summed E-state index contributed by atoms with van der Waals surface area (Å²) in [7, 11) is 0. The van der Waals surface area contributed by atoms with Crippen LogP contribution in [-0.4, -0.2) is 17.5 Å². The van der Waals surface area contributed by atoms with Crippen LogP contribution < -0.4 is 10.1 Å². The maximum Gasteiger partial charge on any atom is 0.227 e. The second-order valence-corrected chi connectivity index (χ2v) is 5.23. The third-order valence-electron chi connectivity index (χ3n) is 3.91. The Morgan fingerprint density at radius 1 is 1.39 bits per heavy atom. The van der Waals surface area contributed by atoms with Gasteiger partial charge in [-0.15, -0.1) is 0 Å². The minimum Gasteiger partial charge on any atom is -0.478 e. The maximum atomic E-state index is 12.0. The number of nitrogens with zero attached hydrogens (tertiary/aromatic N) is 1. The zero-order valence-electron chi connectivity index (χ0n) is 10.6. The fourth-order valence-corrected chi connectivity index (χ4v) is 2.86. The normalized spacial score (nSPS) is 28.6. The van der Waals surface area contributed by atoms with Gasteiger partial charge in [0.1, 0.15) is 0 Å². The van der Waals surface area contributed by atoms with E-state index in [0.29, 0.717) is 12.5 Å². The van der Waals surface area contributed by atoms with Gasteiger partial charge in [0, 0.05) is 12.0 Å². The smallest absolute Gasteiger partial charge is 0.227 e. The van der Waals surface area contributed by atoms with E-state index in [1.807, 2.05) is 13.0 Å². The summed E-state index contributed by atoms with van der Waals surface area (Å²) < 4.78 is 5.26. The molecule has 0 bridgehead atoms. The summed E-state index contributed by atoms with van der Waals surface area (Å²) in [5.74, 6) is 2.62. The second-order valence-electron chi connectivity index (χ2n) is 5.23. The fourth-order valence-electron chi connectivity index (χ4n) is 2.86. The Hall–Kier alpha value is -1.58. The highest BCUT2D eigenvalue weighted by molar-refractivity contribution is 5.92. The molecule has 2 unspecified atom stereocenters. The minimum atomic E-state index is 0.146. The predicted molar refractivity (Wildman–Crippen MR) is 68.4 cm³/mol. The number of amides is 1. The van der Waals surface area contributed by atoms with Gasteiger partial charge in [0.25, 0.3) is 0 Å². The van der Waals surface area contributed by atoms with Crippen LogP contribution in [-0.2, 0) is 4.79 Å². The highest BCUT2D eigenvalue weighted by Gasteiger charge is 2.47. The summed E-state index contributed by atoms with van der Waals surface area (Å²) >= 11 is 0. The Bertz CT molecular complexity index is 434. The lowest BCUT2D eigenvalue weighted by molar-refractivity contribution is -0.120. The van der Waals surface area contributed by atoms with E-state index in [1.165, 1.54) is 6.42 Å². The monoisotopic (exact) mass is 246 g/mol. The number of carbonyl (C=O) groups is 1. The average Bonchev–Trinajstić information content (AvgIpc) is 2.99. The van der Waals surface area contributed by atoms with Gasteiger partial charge in [-0.3, -0.25) is 4.79 Å². The molecule has 2 fully saturated rings. The van der Waals surface area contributed by atoms with Crippen LogP contribution >= 0.6 is 0 Å². The Balaban J connectivity index is 1.56. The van der Waals surface area contributed by atoms with E-state index < -0.39 is 0 Å². The van der Waals surface area contributed by atoms with Crippen molar-refractivity contribution in [2.45, 2.75) is 26.2 Å². The van der Waals surface area contributed by atoms with E-state index in [9.17, 15) is 4.79 Å². The van der Waals surface area contributed by atoms with E-state index in [4.69, 9.17) is 4.74 Å². The number of nitrogens with one attached hydrogen (secondary N) is 1. The number of rotatable bonds is 4. The van der Waals surface area contributed by atoms with Crippen molar-refractivity contribution in [3.05, 3.63) is 18.3 Å². The topological polar surface area (TPSA) is 51.2 Å². The quantitative estimate of drug-likeness (QED) is 0.887. The lowest BCUT2D eigenvalue weighted by Gasteiger charge is -2.12. The molecule has 96 valence electrons. The number of carbonyl (C=O) groups excluding carboxylic acids is 1. The van der Waals surface area contributed by atoms with Gasteiger partial charge < -0.3 is 10.1 Å². The first-order chi connectivity index (χ1) is 8.76. The molecule has 2 saturated carbocycles. The van der Waals surface area contributed by atoms with Crippen LogP contribution in [0.4, 0.5) is 5.69 Å². The summed E-state index contributed by atoms with van der Waals surface area (Å²) in [4.78, 5) is 16.2. The molecule has 0 spiro atoms. The SMILES string of the molecule is CCOc1ccc(NC(=O)C2CC3CC3C2)cn1. The molecule has 2 aliphatic carbocycles. The van der Waals surface area contributed by atoms with E-state index in [-0.39, 0.29) is 11.8 Å². The Morgan fingerprint density at radius 2 is 2.17 bits per heavy atom. The molecular weight excluding hydrogens is 228 g/mol. The molecule has 1 N–H and O–H groups in total. The molecule has 1 aromatic heterocycles. The summed E-state index contributed by atoms with van der Waals surface area (Å²) in [6.45, 7) is 2.52. The molecular formula is C14H18N2O2. The van der Waals surface area contributed by atoms with Crippen molar-refractivity contribution in [1.82, 2.24) is 4.98 Å². The number of fused-ring (bicyclic) bond motifs is 1. The van der Waals surface area contributed by atoms with Crippen LogP contribution in [0.5, 0.6) is 5.88 Å². The van der Waals surface area contributed by atoms with Gasteiger partial charge in [-0.2, -0.15) is 0 Å². The number of hydrogen-bond donors (Lipinski definition) is 1. The molecule has 2 aliphatic rings. The lowest BCUT2D eigenvalue weighted by Crippen LogP contribution is -2.21. The Labute approximate surface area is 107 Å². The lowest BCUT2D eigenvalue weighted by atomic mass is 10.0. The van der Waals surface area contributed by atoms with Crippen molar-refractivity contribution in [3.8, 4) is 5.88 Å².